The molecule has 0 aliphatic carbocycles. The van der Waals surface area contributed by atoms with Gasteiger partial charge in [-0.2, -0.15) is 4.31 Å². The Hall–Kier alpha value is -2.22. The lowest BCUT2D eigenvalue weighted by atomic mass is 10.1. The van der Waals surface area contributed by atoms with E-state index in [-0.39, 0.29) is 17.7 Å². The molecule has 1 heterocycles. The molecule has 7 heteroatoms. The van der Waals surface area contributed by atoms with E-state index in [1.54, 1.807) is 24.3 Å². The van der Waals surface area contributed by atoms with Crippen LogP contribution in [0, 0.1) is 0 Å². The van der Waals surface area contributed by atoms with Crippen molar-refractivity contribution in [2.75, 3.05) is 26.3 Å². The number of sulfonamides is 1. The number of nitrogens with zero attached hydrogens (tertiary/aromatic N) is 1. The number of benzene rings is 2. The molecule has 1 N–H and O–H groups in total. The fraction of sp³-hybridized carbons (Fsp3) is 0.350. The minimum absolute atomic E-state index is 0.0741. The Morgan fingerprint density at radius 1 is 1.07 bits per heavy atom. The largest absolute Gasteiger partial charge is 0.379 e. The summed E-state index contributed by atoms with van der Waals surface area (Å²) in [5.74, 6) is -0.260. The number of hydrogen-bond acceptors (Lipinski definition) is 4. The molecular weight excluding hydrogens is 364 g/mol. The summed E-state index contributed by atoms with van der Waals surface area (Å²) in [7, 11) is -3.37. The van der Waals surface area contributed by atoms with Crippen LogP contribution in [0.25, 0.3) is 0 Å². The molecule has 27 heavy (non-hydrogen) atoms. The van der Waals surface area contributed by atoms with Crippen LogP contribution < -0.4 is 5.32 Å². The standard InChI is InChI=1S/C20H24N2O4S/c1-16(18-5-3-2-4-6-18)21-20(23)19-9-7-17(8-10-19)15-27(24,25)22-11-13-26-14-12-22/h2-10,16H,11-15H2,1H3,(H,21,23)/t16-/m1/s1. The van der Waals surface area contributed by atoms with Crippen LogP contribution in [-0.2, 0) is 20.5 Å². The SMILES string of the molecule is C[C@@H](NC(=O)c1ccc(CS(=O)(=O)N2CCOCC2)cc1)c1ccccc1. The van der Waals surface area contributed by atoms with E-state index >= 15 is 0 Å². The van der Waals surface area contributed by atoms with Crippen LogP contribution in [0.5, 0.6) is 0 Å². The Balaban J connectivity index is 1.62. The zero-order chi connectivity index (χ0) is 19.3. The van der Waals surface area contributed by atoms with Crippen molar-refractivity contribution < 1.29 is 17.9 Å². The number of nitrogens with one attached hydrogen (secondary N) is 1. The Bertz CT molecular complexity index is 861. The van der Waals surface area contributed by atoms with Crippen molar-refractivity contribution in [2.45, 2.75) is 18.7 Å². The summed E-state index contributed by atoms with van der Waals surface area (Å²) in [6.07, 6.45) is 0. The third-order valence-corrected chi connectivity index (χ3v) is 6.43. The first-order valence-electron chi connectivity index (χ1n) is 8.96. The molecule has 0 unspecified atom stereocenters. The van der Waals surface area contributed by atoms with Crippen LogP contribution >= 0.6 is 0 Å². The van der Waals surface area contributed by atoms with Gasteiger partial charge in [0.15, 0.2) is 0 Å². The predicted octanol–water partition coefficient (Wildman–Crippen LogP) is 2.34. The van der Waals surface area contributed by atoms with Gasteiger partial charge in [0.2, 0.25) is 10.0 Å². The molecule has 2 aromatic carbocycles. The van der Waals surface area contributed by atoms with Gasteiger partial charge in [0.1, 0.15) is 0 Å². The minimum atomic E-state index is -3.37. The van der Waals surface area contributed by atoms with Gasteiger partial charge in [-0.05, 0) is 30.2 Å². The van der Waals surface area contributed by atoms with Gasteiger partial charge < -0.3 is 10.1 Å². The predicted molar refractivity (Wildman–Crippen MR) is 104 cm³/mol. The number of hydrogen-bond donors (Lipinski definition) is 1. The Labute approximate surface area is 160 Å². The van der Waals surface area contributed by atoms with Gasteiger partial charge in [0.25, 0.3) is 5.91 Å². The van der Waals surface area contributed by atoms with Crippen LogP contribution in [0.2, 0.25) is 0 Å². The highest BCUT2D eigenvalue weighted by Crippen LogP contribution is 2.15. The molecule has 0 bridgehead atoms. The molecule has 1 amide bonds. The van der Waals surface area contributed by atoms with E-state index in [0.717, 1.165) is 5.56 Å². The van der Waals surface area contributed by atoms with Crippen molar-refractivity contribution in [3.63, 3.8) is 0 Å². The molecule has 0 spiro atoms. The lowest BCUT2D eigenvalue weighted by Crippen LogP contribution is -2.41. The highest BCUT2D eigenvalue weighted by atomic mass is 32.2. The molecule has 6 nitrogen and oxygen atoms in total. The van der Waals surface area contributed by atoms with Crippen LogP contribution in [0.3, 0.4) is 0 Å². The van der Waals surface area contributed by atoms with Crippen molar-refractivity contribution >= 4 is 15.9 Å². The van der Waals surface area contributed by atoms with E-state index in [2.05, 4.69) is 5.32 Å². The van der Waals surface area contributed by atoms with Gasteiger partial charge >= 0.3 is 0 Å². The summed E-state index contributed by atoms with van der Waals surface area (Å²) in [5, 5.41) is 2.95. The molecule has 1 fully saturated rings. The van der Waals surface area contributed by atoms with Gasteiger partial charge in [-0.3, -0.25) is 4.79 Å². The smallest absolute Gasteiger partial charge is 0.251 e. The molecule has 144 valence electrons. The molecular formula is C20H24N2O4S. The first-order chi connectivity index (χ1) is 13.0. The molecule has 0 radical (unpaired) electrons. The summed E-state index contributed by atoms with van der Waals surface area (Å²) in [6.45, 7) is 3.56. The van der Waals surface area contributed by atoms with Gasteiger partial charge in [-0.1, -0.05) is 42.5 Å². The second-order valence-electron chi connectivity index (χ2n) is 6.57. The molecule has 1 saturated heterocycles. The summed E-state index contributed by atoms with van der Waals surface area (Å²) in [5.41, 5.74) is 2.19. The highest BCUT2D eigenvalue weighted by molar-refractivity contribution is 7.88. The number of morpholine rings is 1. The summed E-state index contributed by atoms with van der Waals surface area (Å²) in [6, 6.07) is 16.3. The molecule has 1 aliphatic heterocycles. The van der Waals surface area contributed by atoms with Crippen molar-refractivity contribution in [2.24, 2.45) is 0 Å². The summed E-state index contributed by atoms with van der Waals surface area (Å²) < 4.78 is 31.6. The Morgan fingerprint density at radius 3 is 2.33 bits per heavy atom. The van der Waals surface area contributed by atoms with Gasteiger partial charge in [0.05, 0.1) is 25.0 Å². The maximum atomic E-state index is 12.5. The fourth-order valence-electron chi connectivity index (χ4n) is 2.98. The zero-order valence-electron chi connectivity index (χ0n) is 15.3. The fourth-order valence-corrected chi connectivity index (χ4v) is 4.49. The van der Waals surface area contributed by atoms with Crippen molar-refractivity contribution in [1.29, 1.82) is 0 Å². The van der Waals surface area contributed by atoms with E-state index in [0.29, 0.717) is 37.4 Å². The first-order valence-corrected chi connectivity index (χ1v) is 10.6. The number of carbonyl (C=O) groups is 1. The third-order valence-electron chi connectivity index (χ3n) is 4.58. The number of rotatable bonds is 6. The first kappa shape index (κ1) is 19.5. The summed E-state index contributed by atoms with van der Waals surface area (Å²) in [4.78, 5) is 12.4. The van der Waals surface area contributed by atoms with E-state index in [1.165, 1.54) is 4.31 Å². The van der Waals surface area contributed by atoms with Gasteiger partial charge in [-0.25, -0.2) is 8.42 Å². The summed E-state index contributed by atoms with van der Waals surface area (Å²) >= 11 is 0. The highest BCUT2D eigenvalue weighted by Gasteiger charge is 2.24. The van der Waals surface area contributed by atoms with E-state index in [4.69, 9.17) is 4.74 Å². The van der Waals surface area contributed by atoms with E-state index < -0.39 is 10.0 Å². The number of carbonyl (C=O) groups excluding carboxylic acids is 1. The van der Waals surface area contributed by atoms with Crippen molar-refractivity contribution in [1.82, 2.24) is 9.62 Å². The third kappa shape index (κ3) is 5.15. The quantitative estimate of drug-likeness (QED) is 0.824. The topological polar surface area (TPSA) is 75.7 Å². The molecule has 2 aromatic rings. The molecule has 1 aliphatic rings. The van der Waals surface area contributed by atoms with Gasteiger partial charge in [0, 0.05) is 18.7 Å². The second kappa shape index (κ2) is 8.65. The van der Waals surface area contributed by atoms with E-state index in [9.17, 15) is 13.2 Å². The lowest BCUT2D eigenvalue weighted by Gasteiger charge is -2.26. The van der Waals surface area contributed by atoms with Crippen LogP contribution in [0.1, 0.15) is 34.5 Å². The Kier molecular flexibility index (Phi) is 6.26. The van der Waals surface area contributed by atoms with Crippen LogP contribution in [0.15, 0.2) is 54.6 Å². The lowest BCUT2D eigenvalue weighted by molar-refractivity contribution is 0.0729. The molecule has 0 saturated carbocycles. The monoisotopic (exact) mass is 388 g/mol. The molecule has 3 rings (SSSR count). The second-order valence-corrected chi connectivity index (χ2v) is 8.54. The van der Waals surface area contributed by atoms with Crippen molar-refractivity contribution in [3.8, 4) is 0 Å². The van der Waals surface area contributed by atoms with Gasteiger partial charge in [-0.15, -0.1) is 0 Å². The maximum Gasteiger partial charge on any atom is 0.251 e. The average molecular weight is 388 g/mol. The molecule has 1 atom stereocenters. The van der Waals surface area contributed by atoms with E-state index in [1.807, 2.05) is 37.3 Å². The average Bonchev–Trinajstić information content (AvgIpc) is 2.69. The normalized spacial score (nSPS) is 16.6. The Morgan fingerprint density at radius 2 is 1.70 bits per heavy atom. The van der Waals surface area contributed by atoms with Crippen LogP contribution in [-0.4, -0.2) is 44.9 Å². The number of ether oxygens (including phenoxy) is 1. The van der Waals surface area contributed by atoms with Crippen molar-refractivity contribution in [3.05, 3.63) is 71.3 Å². The van der Waals surface area contributed by atoms with Crippen LogP contribution in [0.4, 0.5) is 0 Å². The minimum Gasteiger partial charge on any atom is -0.379 e. The molecule has 0 aromatic heterocycles. The number of amides is 1. The zero-order valence-corrected chi connectivity index (χ0v) is 16.1. The maximum absolute atomic E-state index is 12.5.